The highest BCUT2D eigenvalue weighted by atomic mass is 19.4. The van der Waals surface area contributed by atoms with E-state index in [4.69, 9.17) is 0 Å². The summed E-state index contributed by atoms with van der Waals surface area (Å²) in [5.74, 6) is -1.93. The minimum atomic E-state index is -5.04. The van der Waals surface area contributed by atoms with Gasteiger partial charge >= 0.3 is 12.3 Å². The van der Waals surface area contributed by atoms with Gasteiger partial charge in [-0.15, -0.1) is 0 Å². The van der Waals surface area contributed by atoms with Crippen molar-refractivity contribution < 1.29 is 32.2 Å². The number of aromatic hydroxyl groups is 1. The van der Waals surface area contributed by atoms with Crippen LogP contribution in [0.3, 0.4) is 0 Å². The summed E-state index contributed by atoms with van der Waals surface area (Å²) in [7, 11) is 0. The fourth-order valence-corrected chi connectivity index (χ4v) is 2.41. The molecule has 130 valence electrons. The molecule has 1 aliphatic rings. The molecule has 0 saturated heterocycles. The summed E-state index contributed by atoms with van der Waals surface area (Å²) in [6.45, 7) is -0.148. The quantitative estimate of drug-likeness (QED) is 0.824. The molecule has 5 nitrogen and oxygen atoms in total. The topological polar surface area (TPSA) is 62.1 Å². The smallest absolute Gasteiger partial charge is 0.435 e. The second-order valence-corrected chi connectivity index (χ2v) is 5.06. The van der Waals surface area contributed by atoms with Gasteiger partial charge in [-0.2, -0.15) is 23.3 Å². The van der Waals surface area contributed by atoms with Gasteiger partial charge in [0.1, 0.15) is 23.6 Å². The third-order valence-corrected chi connectivity index (χ3v) is 3.44. The Morgan fingerprint density at radius 2 is 1.96 bits per heavy atom. The van der Waals surface area contributed by atoms with Crippen LogP contribution in [0.4, 0.5) is 28.0 Å². The van der Waals surface area contributed by atoms with E-state index in [9.17, 15) is 27.5 Å². The first-order valence-corrected chi connectivity index (χ1v) is 6.97. The fraction of sp³-hybridized carbons (Fsp3) is 0.125. The normalized spacial score (nSPS) is 14.6. The first-order valence-electron chi connectivity index (χ1n) is 6.97. The molecule has 0 aliphatic carbocycles. The number of carbonyl (C=O) groups excluding carboxylic acids is 1. The molecule has 2 aromatic rings. The van der Waals surface area contributed by atoms with E-state index < -0.39 is 34.9 Å². The molecule has 25 heavy (non-hydrogen) atoms. The van der Waals surface area contributed by atoms with Crippen molar-refractivity contribution in [1.29, 1.82) is 0 Å². The van der Waals surface area contributed by atoms with Crippen molar-refractivity contribution in [2.45, 2.75) is 6.18 Å². The maximum absolute atomic E-state index is 14.7. The van der Waals surface area contributed by atoms with E-state index in [2.05, 4.69) is 9.84 Å². The first-order chi connectivity index (χ1) is 11.8. The Morgan fingerprint density at radius 3 is 2.60 bits per heavy atom. The van der Waals surface area contributed by atoms with Crippen LogP contribution in [0.5, 0.6) is 5.75 Å². The van der Waals surface area contributed by atoms with Crippen LogP contribution in [0, 0.1) is 5.82 Å². The summed E-state index contributed by atoms with van der Waals surface area (Å²) < 4.78 is 59.7. The van der Waals surface area contributed by atoms with Gasteiger partial charge in [-0.3, -0.25) is 0 Å². The molecular weight excluding hydrogens is 344 g/mol. The van der Waals surface area contributed by atoms with Crippen LogP contribution < -0.4 is 5.01 Å². The monoisotopic (exact) mass is 354 g/mol. The van der Waals surface area contributed by atoms with Gasteiger partial charge in [0.25, 0.3) is 0 Å². The maximum Gasteiger partial charge on any atom is 0.435 e. The minimum Gasteiger partial charge on any atom is -0.508 e. The van der Waals surface area contributed by atoms with Crippen molar-refractivity contribution in [2.24, 2.45) is 5.10 Å². The summed E-state index contributed by atoms with van der Waals surface area (Å²) in [5.41, 5.74) is -2.75. The molecule has 0 fully saturated rings. The molecule has 1 aliphatic heterocycles. The number of halogens is 4. The van der Waals surface area contributed by atoms with Crippen molar-refractivity contribution in [3.8, 4) is 16.9 Å². The van der Waals surface area contributed by atoms with E-state index in [1.54, 1.807) is 0 Å². The van der Waals surface area contributed by atoms with Crippen LogP contribution in [0.25, 0.3) is 11.1 Å². The zero-order valence-electron chi connectivity index (χ0n) is 12.4. The van der Waals surface area contributed by atoms with Gasteiger partial charge in [-0.1, -0.05) is 18.2 Å². The molecule has 0 atom stereocenters. The van der Waals surface area contributed by atoms with Gasteiger partial charge < -0.3 is 9.84 Å². The number of amides is 1. The number of carbonyl (C=O) groups is 1. The molecule has 0 spiro atoms. The van der Waals surface area contributed by atoms with Crippen LogP contribution in [0.2, 0.25) is 0 Å². The molecule has 0 bridgehead atoms. The number of benzene rings is 2. The highest BCUT2D eigenvalue weighted by Crippen LogP contribution is 2.42. The second kappa shape index (κ2) is 6.08. The number of phenolic OH excluding ortho intramolecular Hbond substituents is 1. The third kappa shape index (κ3) is 3.12. The maximum atomic E-state index is 14.7. The van der Waals surface area contributed by atoms with Crippen molar-refractivity contribution in [1.82, 2.24) is 0 Å². The molecular formula is C16H10F4N2O3. The number of rotatable bonds is 2. The predicted molar refractivity (Wildman–Crippen MR) is 80.8 cm³/mol. The number of cyclic esters (lactones) is 1. The minimum absolute atomic E-state index is 0.0255. The average Bonchev–Trinajstić information content (AvgIpc) is 2.54. The van der Waals surface area contributed by atoms with Crippen molar-refractivity contribution in [2.75, 3.05) is 11.6 Å². The SMILES string of the molecule is O=C1OCC=NN1c1ccc(-c2cccc(O)c2)c(C(F)(F)F)c1F. The largest absolute Gasteiger partial charge is 0.508 e. The van der Waals surface area contributed by atoms with E-state index in [-0.39, 0.29) is 17.9 Å². The Morgan fingerprint density at radius 1 is 1.20 bits per heavy atom. The Bertz CT molecular complexity index is 865. The summed E-state index contributed by atoms with van der Waals surface area (Å²) in [4.78, 5) is 11.6. The van der Waals surface area contributed by atoms with E-state index in [1.807, 2.05) is 0 Å². The van der Waals surface area contributed by atoms with Gasteiger partial charge in [0.15, 0.2) is 5.82 Å². The summed E-state index contributed by atoms with van der Waals surface area (Å²) >= 11 is 0. The van der Waals surface area contributed by atoms with E-state index in [0.717, 1.165) is 24.4 Å². The Labute approximate surface area is 138 Å². The van der Waals surface area contributed by atoms with Crippen molar-refractivity contribution in [3.05, 3.63) is 47.8 Å². The molecule has 0 unspecified atom stereocenters. The van der Waals surface area contributed by atoms with Gasteiger partial charge in [0.05, 0.1) is 6.21 Å². The molecule has 3 rings (SSSR count). The summed E-state index contributed by atoms with van der Waals surface area (Å²) in [6.07, 6.45) is -5.00. The molecule has 1 amide bonds. The zero-order chi connectivity index (χ0) is 18.2. The number of alkyl halides is 3. The van der Waals surface area contributed by atoms with Crippen LogP contribution in [-0.2, 0) is 10.9 Å². The van der Waals surface area contributed by atoms with Gasteiger partial charge in [0.2, 0.25) is 0 Å². The standard InChI is InChI=1S/C16H10F4N2O3/c17-14-12(22-15(24)25-7-6-21-22)5-4-11(13(14)16(18,19)20)9-2-1-3-10(23)8-9/h1-6,8,23H,7H2. The first kappa shape index (κ1) is 16.7. The lowest BCUT2D eigenvalue weighted by atomic mass is 9.97. The number of ether oxygens (including phenoxy) is 1. The molecule has 0 radical (unpaired) electrons. The molecule has 0 saturated carbocycles. The molecule has 2 aromatic carbocycles. The lowest BCUT2D eigenvalue weighted by molar-refractivity contribution is -0.139. The highest BCUT2D eigenvalue weighted by molar-refractivity contribution is 5.92. The number of hydrogen-bond donors (Lipinski definition) is 1. The zero-order valence-corrected chi connectivity index (χ0v) is 12.4. The number of hydrogen-bond acceptors (Lipinski definition) is 4. The van der Waals surface area contributed by atoms with Crippen molar-refractivity contribution >= 4 is 18.0 Å². The second-order valence-electron chi connectivity index (χ2n) is 5.06. The molecule has 0 aromatic heterocycles. The van der Waals surface area contributed by atoms with Crippen LogP contribution in [0.15, 0.2) is 41.5 Å². The lowest BCUT2D eigenvalue weighted by Crippen LogP contribution is -2.32. The van der Waals surface area contributed by atoms with E-state index in [1.165, 1.54) is 18.2 Å². The van der Waals surface area contributed by atoms with Gasteiger partial charge in [0, 0.05) is 0 Å². The molecule has 1 heterocycles. The van der Waals surface area contributed by atoms with Crippen molar-refractivity contribution in [3.63, 3.8) is 0 Å². The number of nitrogens with zero attached hydrogens (tertiary/aromatic N) is 2. The number of phenols is 1. The molecule has 1 N–H and O–H groups in total. The predicted octanol–water partition coefficient (Wildman–Crippen LogP) is 4.16. The van der Waals surface area contributed by atoms with Gasteiger partial charge in [-0.05, 0) is 29.3 Å². The van der Waals surface area contributed by atoms with Gasteiger partial charge in [-0.25, -0.2) is 9.18 Å². The molecule has 9 heteroatoms. The summed E-state index contributed by atoms with van der Waals surface area (Å²) in [5, 5.41) is 13.5. The fourth-order valence-electron chi connectivity index (χ4n) is 2.41. The lowest BCUT2D eigenvalue weighted by Gasteiger charge is -2.23. The van der Waals surface area contributed by atoms with E-state index in [0.29, 0.717) is 5.01 Å². The highest BCUT2D eigenvalue weighted by Gasteiger charge is 2.40. The van der Waals surface area contributed by atoms with E-state index >= 15 is 0 Å². The number of hydrazone groups is 1. The van der Waals surface area contributed by atoms with Crippen LogP contribution in [-0.4, -0.2) is 24.0 Å². The van der Waals surface area contributed by atoms with Crippen LogP contribution in [0.1, 0.15) is 5.56 Å². The Hall–Kier alpha value is -3.10. The number of anilines is 1. The Balaban J connectivity index is 2.22. The third-order valence-electron chi connectivity index (χ3n) is 3.44. The average molecular weight is 354 g/mol. The summed E-state index contributed by atoms with van der Waals surface area (Å²) in [6, 6.07) is 7.00. The Kier molecular flexibility index (Phi) is 4.07. The van der Waals surface area contributed by atoms with Crippen LogP contribution >= 0.6 is 0 Å².